The van der Waals surface area contributed by atoms with Crippen molar-refractivity contribution in [3.8, 4) is 5.75 Å². The van der Waals surface area contributed by atoms with Crippen molar-refractivity contribution >= 4 is 17.4 Å². The number of carbonyl (C=O) groups excluding carboxylic acids is 2. The number of methoxy groups -OCH3 is 1. The molecule has 2 fully saturated rings. The van der Waals surface area contributed by atoms with Crippen LogP contribution in [0.2, 0.25) is 0 Å². The van der Waals surface area contributed by atoms with E-state index >= 15 is 0 Å². The molecule has 2 saturated heterocycles. The van der Waals surface area contributed by atoms with E-state index in [4.69, 9.17) is 9.47 Å². The number of likely N-dealkylation sites (tertiary alicyclic amines) is 1. The lowest BCUT2D eigenvalue weighted by atomic mass is 9.92. The molecule has 162 valence electrons. The molecule has 2 unspecified atom stereocenters. The zero-order chi connectivity index (χ0) is 22.1. The van der Waals surface area contributed by atoms with Crippen molar-refractivity contribution in [2.24, 2.45) is 0 Å². The Hall–Kier alpha value is -3.12. The van der Waals surface area contributed by atoms with Crippen molar-refractivity contribution in [3.63, 3.8) is 0 Å². The Morgan fingerprint density at radius 3 is 2.65 bits per heavy atom. The monoisotopic (exact) mass is 421 g/mol. The minimum atomic E-state index is -0.688. The van der Waals surface area contributed by atoms with Gasteiger partial charge in [0.1, 0.15) is 11.5 Å². The first-order chi connectivity index (χ1) is 14.9. The number of nitrogens with zero attached hydrogens (tertiary/aromatic N) is 1. The van der Waals surface area contributed by atoms with Crippen LogP contribution >= 0.6 is 0 Å². The summed E-state index contributed by atoms with van der Waals surface area (Å²) in [6.45, 7) is 4.80. The van der Waals surface area contributed by atoms with Crippen LogP contribution in [0.15, 0.2) is 48.0 Å². The molecule has 2 aromatic rings. The Balaban J connectivity index is 1.89. The molecule has 0 spiro atoms. The SMILES string of the molecule is COc1ccc(C)cc1/C(O)=C1\C(=O)C(=O)N(CC2CCCO2)C1c1ccccc1C. The lowest BCUT2D eigenvalue weighted by Crippen LogP contribution is -2.36. The van der Waals surface area contributed by atoms with Crippen LogP contribution in [0, 0.1) is 13.8 Å². The average molecular weight is 421 g/mol. The van der Waals surface area contributed by atoms with Crippen LogP contribution in [0.1, 0.15) is 41.1 Å². The maximum atomic E-state index is 13.2. The lowest BCUT2D eigenvalue weighted by molar-refractivity contribution is -0.140. The largest absolute Gasteiger partial charge is 0.507 e. The molecule has 1 amide bonds. The van der Waals surface area contributed by atoms with Crippen molar-refractivity contribution in [3.05, 3.63) is 70.3 Å². The number of hydrogen-bond acceptors (Lipinski definition) is 5. The normalized spacial score (nSPS) is 22.9. The molecule has 0 radical (unpaired) electrons. The second-order valence-electron chi connectivity index (χ2n) is 8.15. The first kappa shape index (κ1) is 21.1. The van der Waals surface area contributed by atoms with E-state index in [9.17, 15) is 14.7 Å². The molecule has 6 heteroatoms. The van der Waals surface area contributed by atoms with Crippen molar-refractivity contribution in [2.75, 3.05) is 20.3 Å². The first-order valence-electron chi connectivity index (χ1n) is 10.5. The van der Waals surface area contributed by atoms with Crippen molar-refractivity contribution < 1.29 is 24.2 Å². The molecule has 0 aliphatic carbocycles. The zero-order valence-corrected chi connectivity index (χ0v) is 18.1. The van der Waals surface area contributed by atoms with Gasteiger partial charge in [0.25, 0.3) is 11.7 Å². The van der Waals surface area contributed by atoms with Gasteiger partial charge in [-0.2, -0.15) is 0 Å². The number of ketones is 1. The number of amides is 1. The van der Waals surface area contributed by atoms with Crippen molar-refractivity contribution in [2.45, 2.75) is 38.8 Å². The van der Waals surface area contributed by atoms with Gasteiger partial charge in [0, 0.05) is 13.2 Å². The van der Waals surface area contributed by atoms with Crippen molar-refractivity contribution in [1.29, 1.82) is 0 Å². The second-order valence-corrected chi connectivity index (χ2v) is 8.15. The fourth-order valence-corrected chi connectivity index (χ4v) is 4.44. The minimum Gasteiger partial charge on any atom is -0.507 e. The van der Waals surface area contributed by atoms with Crippen molar-refractivity contribution in [1.82, 2.24) is 4.90 Å². The fourth-order valence-electron chi connectivity index (χ4n) is 4.44. The molecule has 6 nitrogen and oxygen atoms in total. The summed E-state index contributed by atoms with van der Waals surface area (Å²) in [5.41, 5.74) is 3.14. The molecule has 2 atom stereocenters. The molecule has 0 saturated carbocycles. The highest BCUT2D eigenvalue weighted by Crippen LogP contribution is 2.42. The van der Waals surface area contributed by atoms with Crippen LogP contribution in [0.4, 0.5) is 0 Å². The standard InChI is InChI=1S/C25H27NO5/c1-15-10-11-20(30-3)19(13-15)23(27)21-22(18-9-5-4-7-16(18)2)26(25(29)24(21)28)14-17-8-6-12-31-17/h4-5,7,9-11,13,17,22,27H,6,8,12,14H2,1-3H3/b23-21+. The summed E-state index contributed by atoms with van der Waals surface area (Å²) >= 11 is 0. The third kappa shape index (κ3) is 3.83. The fraction of sp³-hybridized carbons (Fsp3) is 0.360. The number of aryl methyl sites for hydroxylation is 2. The lowest BCUT2D eigenvalue weighted by Gasteiger charge is -2.28. The highest BCUT2D eigenvalue weighted by Gasteiger charge is 2.47. The summed E-state index contributed by atoms with van der Waals surface area (Å²) in [5, 5.41) is 11.3. The van der Waals surface area contributed by atoms with Gasteiger partial charge in [0.05, 0.1) is 30.4 Å². The topological polar surface area (TPSA) is 76.1 Å². The summed E-state index contributed by atoms with van der Waals surface area (Å²) in [7, 11) is 1.51. The third-order valence-electron chi connectivity index (χ3n) is 6.06. The summed E-state index contributed by atoms with van der Waals surface area (Å²) in [6.07, 6.45) is 1.66. The molecule has 31 heavy (non-hydrogen) atoms. The van der Waals surface area contributed by atoms with E-state index in [1.54, 1.807) is 17.0 Å². The van der Waals surface area contributed by atoms with Crippen LogP contribution in [0.3, 0.4) is 0 Å². The smallest absolute Gasteiger partial charge is 0.295 e. The number of rotatable bonds is 5. The van der Waals surface area contributed by atoms with E-state index in [0.29, 0.717) is 24.5 Å². The van der Waals surface area contributed by atoms with E-state index < -0.39 is 17.7 Å². The molecule has 2 aromatic carbocycles. The second kappa shape index (κ2) is 8.55. The van der Waals surface area contributed by atoms with Gasteiger partial charge in [0.2, 0.25) is 0 Å². The van der Waals surface area contributed by atoms with Gasteiger partial charge in [-0.15, -0.1) is 0 Å². The molecule has 2 aliphatic heterocycles. The highest BCUT2D eigenvalue weighted by molar-refractivity contribution is 6.46. The van der Waals surface area contributed by atoms with E-state index in [1.165, 1.54) is 7.11 Å². The quantitative estimate of drug-likeness (QED) is 0.450. The number of carbonyl (C=O) groups is 2. The summed E-state index contributed by atoms with van der Waals surface area (Å²) in [4.78, 5) is 27.8. The summed E-state index contributed by atoms with van der Waals surface area (Å²) < 4.78 is 11.2. The molecule has 0 bridgehead atoms. The van der Waals surface area contributed by atoms with E-state index in [-0.39, 0.29) is 17.4 Å². The molecule has 1 N–H and O–H groups in total. The van der Waals surface area contributed by atoms with Crippen LogP contribution in [-0.4, -0.2) is 48.1 Å². The van der Waals surface area contributed by atoms with E-state index in [2.05, 4.69) is 0 Å². The van der Waals surface area contributed by atoms with Crippen LogP contribution < -0.4 is 4.74 Å². The number of hydrogen-bond donors (Lipinski definition) is 1. The van der Waals surface area contributed by atoms with Gasteiger partial charge < -0.3 is 19.5 Å². The van der Waals surface area contributed by atoms with Gasteiger partial charge in [-0.1, -0.05) is 35.9 Å². The molecule has 4 rings (SSSR count). The summed E-state index contributed by atoms with van der Waals surface area (Å²) in [6, 6.07) is 12.3. The predicted molar refractivity (Wildman–Crippen MR) is 117 cm³/mol. The average Bonchev–Trinajstić information content (AvgIpc) is 3.36. The molecular formula is C25H27NO5. The maximum absolute atomic E-state index is 13.2. The number of benzene rings is 2. The van der Waals surface area contributed by atoms with Gasteiger partial charge >= 0.3 is 0 Å². The van der Waals surface area contributed by atoms with E-state index in [1.807, 2.05) is 44.2 Å². The maximum Gasteiger partial charge on any atom is 0.295 e. The van der Waals surface area contributed by atoms with Gasteiger partial charge in [-0.25, -0.2) is 0 Å². The highest BCUT2D eigenvalue weighted by atomic mass is 16.5. The summed E-state index contributed by atoms with van der Waals surface area (Å²) in [5.74, 6) is -1.08. The minimum absolute atomic E-state index is 0.0844. The van der Waals surface area contributed by atoms with Gasteiger partial charge in [-0.3, -0.25) is 9.59 Å². The Morgan fingerprint density at radius 1 is 1.19 bits per heavy atom. The van der Waals surface area contributed by atoms with Crippen LogP contribution in [-0.2, 0) is 14.3 Å². The van der Waals surface area contributed by atoms with E-state index in [0.717, 1.165) is 29.5 Å². The zero-order valence-electron chi connectivity index (χ0n) is 18.1. The van der Waals surface area contributed by atoms with Gasteiger partial charge in [0.15, 0.2) is 0 Å². The van der Waals surface area contributed by atoms with Crippen LogP contribution in [0.5, 0.6) is 5.75 Å². The first-order valence-corrected chi connectivity index (χ1v) is 10.5. The number of Topliss-reactive ketones (excluding diaryl/α,β-unsaturated/α-hetero) is 1. The molecule has 2 aliphatic rings. The predicted octanol–water partition coefficient (Wildman–Crippen LogP) is 3.91. The Labute approximate surface area is 182 Å². The van der Waals surface area contributed by atoms with Gasteiger partial charge in [-0.05, 0) is 49.9 Å². The number of aliphatic hydroxyl groups is 1. The Bertz CT molecular complexity index is 1050. The number of aliphatic hydroxyl groups excluding tert-OH is 1. The third-order valence-corrected chi connectivity index (χ3v) is 6.06. The Morgan fingerprint density at radius 2 is 1.97 bits per heavy atom. The molecular weight excluding hydrogens is 394 g/mol. The Kier molecular flexibility index (Phi) is 5.83. The molecule has 2 heterocycles. The molecule has 0 aromatic heterocycles. The van der Waals surface area contributed by atoms with Crippen LogP contribution in [0.25, 0.3) is 5.76 Å². The number of ether oxygens (including phenoxy) is 2.